The molecule has 4 nitrogen and oxygen atoms in total. The van der Waals surface area contributed by atoms with Gasteiger partial charge < -0.3 is 5.73 Å². The first-order valence-corrected chi connectivity index (χ1v) is 10.4. The summed E-state index contributed by atoms with van der Waals surface area (Å²) in [5.74, 6) is -0.156. The topological polar surface area (TPSA) is 68.9 Å². The van der Waals surface area contributed by atoms with Gasteiger partial charge in [0.15, 0.2) is 8.68 Å². The van der Waals surface area contributed by atoms with Gasteiger partial charge in [-0.05, 0) is 23.3 Å². The van der Waals surface area contributed by atoms with Crippen LogP contribution < -0.4 is 5.73 Å². The third-order valence-corrected chi connectivity index (χ3v) is 6.95. The molecule has 3 rings (SSSR count). The van der Waals surface area contributed by atoms with Crippen LogP contribution in [-0.2, 0) is 4.79 Å². The number of thioether (sulfide) groups is 2. The van der Waals surface area contributed by atoms with Crippen LogP contribution in [0.5, 0.6) is 0 Å². The van der Waals surface area contributed by atoms with Crippen molar-refractivity contribution in [1.29, 1.82) is 0 Å². The third-order valence-electron chi connectivity index (χ3n) is 3.22. The molecule has 1 unspecified atom stereocenters. The average molecular weight is 408 g/mol. The van der Waals surface area contributed by atoms with Gasteiger partial charge >= 0.3 is 0 Å². The van der Waals surface area contributed by atoms with E-state index in [2.05, 4.69) is 22.3 Å². The van der Waals surface area contributed by atoms with Gasteiger partial charge in [-0.15, -0.1) is 10.2 Å². The molecule has 1 heterocycles. The number of carbonyl (C=O) groups is 1. The molecule has 0 saturated heterocycles. The number of benzene rings is 2. The first-order valence-electron chi connectivity index (χ1n) is 7.33. The SMILES string of the molecule is NC(=O)CSc1nnc(SC(c2ccccc2)c2ccc(Cl)cc2)s1. The van der Waals surface area contributed by atoms with Crippen LogP contribution in [0.3, 0.4) is 0 Å². The molecule has 0 aliphatic carbocycles. The maximum atomic E-state index is 10.9. The summed E-state index contributed by atoms with van der Waals surface area (Å²) in [6.45, 7) is 0. The van der Waals surface area contributed by atoms with E-state index in [0.29, 0.717) is 5.02 Å². The number of aromatic nitrogens is 2. The highest BCUT2D eigenvalue weighted by Gasteiger charge is 2.18. The highest BCUT2D eigenvalue weighted by Crippen LogP contribution is 2.42. The lowest BCUT2D eigenvalue weighted by Crippen LogP contribution is -2.12. The fraction of sp³-hybridized carbons (Fsp3) is 0.118. The second-order valence-electron chi connectivity index (χ2n) is 5.05. The lowest BCUT2D eigenvalue weighted by atomic mass is 10.0. The van der Waals surface area contributed by atoms with Gasteiger partial charge in [0, 0.05) is 5.02 Å². The summed E-state index contributed by atoms with van der Waals surface area (Å²) in [5, 5.41) is 9.15. The standard InChI is InChI=1S/C17H14ClN3OS3/c18-13-8-6-12(7-9-13)15(11-4-2-1-3-5-11)24-17-21-20-16(25-17)23-10-14(19)22/h1-9,15H,10H2,(H2,19,22). The van der Waals surface area contributed by atoms with Crippen molar-refractivity contribution in [3.05, 3.63) is 70.7 Å². The molecule has 2 N–H and O–H groups in total. The largest absolute Gasteiger partial charge is 0.369 e. The number of primary amides is 1. The second-order valence-corrected chi connectivity index (χ2v) is 9.04. The Morgan fingerprint density at radius 2 is 1.68 bits per heavy atom. The van der Waals surface area contributed by atoms with E-state index in [4.69, 9.17) is 17.3 Å². The molecule has 0 bridgehead atoms. The minimum atomic E-state index is -0.363. The normalized spacial score (nSPS) is 12.0. The molecule has 0 radical (unpaired) electrons. The van der Waals surface area contributed by atoms with Crippen molar-refractivity contribution in [3.63, 3.8) is 0 Å². The molecule has 0 spiro atoms. The van der Waals surface area contributed by atoms with Crippen LogP contribution >= 0.6 is 46.5 Å². The number of nitrogens with zero attached hydrogens (tertiary/aromatic N) is 2. The fourth-order valence-electron chi connectivity index (χ4n) is 2.13. The van der Waals surface area contributed by atoms with Gasteiger partial charge in [0.2, 0.25) is 5.91 Å². The maximum absolute atomic E-state index is 10.9. The number of carbonyl (C=O) groups excluding carboxylic acids is 1. The molecule has 2 aromatic carbocycles. The first kappa shape index (κ1) is 18.3. The Morgan fingerprint density at radius 3 is 2.36 bits per heavy atom. The smallest absolute Gasteiger partial charge is 0.227 e. The average Bonchev–Trinajstić information content (AvgIpc) is 3.07. The zero-order valence-electron chi connectivity index (χ0n) is 13.0. The van der Waals surface area contributed by atoms with E-state index in [1.165, 1.54) is 28.7 Å². The van der Waals surface area contributed by atoms with E-state index in [-0.39, 0.29) is 16.9 Å². The molecule has 8 heteroatoms. The molecule has 1 atom stereocenters. The second kappa shape index (κ2) is 8.71. The number of hydrogen-bond acceptors (Lipinski definition) is 6. The van der Waals surface area contributed by atoms with Gasteiger partial charge in [0.05, 0.1) is 11.0 Å². The van der Waals surface area contributed by atoms with Gasteiger partial charge in [0.1, 0.15) is 0 Å². The quantitative estimate of drug-likeness (QED) is 0.577. The van der Waals surface area contributed by atoms with Crippen LogP contribution in [0.25, 0.3) is 0 Å². The molecule has 128 valence electrons. The number of hydrogen-bond donors (Lipinski definition) is 1. The molecule has 1 aromatic heterocycles. The molecule has 3 aromatic rings. The Balaban J connectivity index is 1.83. The maximum Gasteiger partial charge on any atom is 0.227 e. The molecule has 0 aliphatic heterocycles. The van der Waals surface area contributed by atoms with Gasteiger partial charge in [-0.3, -0.25) is 4.79 Å². The van der Waals surface area contributed by atoms with E-state index >= 15 is 0 Å². The number of halogens is 1. The monoisotopic (exact) mass is 407 g/mol. The first-order chi connectivity index (χ1) is 12.1. The third kappa shape index (κ3) is 5.22. The lowest BCUT2D eigenvalue weighted by Gasteiger charge is -2.16. The van der Waals surface area contributed by atoms with Gasteiger partial charge in [-0.25, -0.2) is 0 Å². The van der Waals surface area contributed by atoms with Crippen LogP contribution in [0.2, 0.25) is 5.02 Å². The summed E-state index contributed by atoms with van der Waals surface area (Å²) >= 11 is 10.4. The molecule has 1 amide bonds. The highest BCUT2D eigenvalue weighted by atomic mass is 35.5. The Morgan fingerprint density at radius 1 is 1.04 bits per heavy atom. The van der Waals surface area contributed by atoms with Crippen LogP contribution in [0.1, 0.15) is 16.4 Å². The van der Waals surface area contributed by atoms with Crippen molar-refractivity contribution in [2.75, 3.05) is 5.75 Å². The van der Waals surface area contributed by atoms with Gasteiger partial charge in [-0.2, -0.15) is 0 Å². The predicted octanol–water partition coefficient (Wildman–Crippen LogP) is 4.65. The molecular formula is C17H14ClN3OS3. The number of amides is 1. The minimum absolute atomic E-state index is 0.0837. The van der Waals surface area contributed by atoms with E-state index in [1.54, 1.807) is 11.8 Å². The summed E-state index contributed by atoms with van der Waals surface area (Å²) in [4.78, 5) is 10.9. The van der Waals surface area contributed by atoms with Gasteiger partial charge in [0.25, 0.3) is 0 Å². The molecular weight excluding hydrogens is 394 g/mol. The van der Waals surface area contributed by atoms with E-state index in [0.717, 1.165) is 14.2 Å². The fourth-order valence-corrected chi connectivity index (χ4v) is 5.34. The number of rotatable bonds is 7. The zero-order valence-corrected chi connectivity index (χ0v) is 16.2. The predicted molar refractivity (Wildman–Crippen MR) is 105 cm³/mol. The van der Waals surface area contributed by atoms with Crippen molar-refractivity contribution >= 4 is 52.4 Å². The van der Waals surface area contributed by atoms with Crippen LogP contribution in [-0.4, -0.2) is 21.9 Å². The van der Waals surface area contributed by atoms with E-state index < -0.39 is 0 Å². The van der Waals surface area contributed by atoms with Crippen molar-refractivity contribution in [2.24, 2.45) is 5.73 Å². The molecule has 25 heavy (non-hydrogen) atoms. The van der Waals surface area contributed by atoms with E-state index in [1.807, 2.05) is 42.5 Å². The molecule has 0 aliphatic rings. The van der Waals surface area contributed by atoms with Crippen molar-refractivity contribution < 1.29 is 4.79 Å². The van der Waals surface area contributed by atoms with Crippen LogP contribution in [0.15, 0.2) is 63.3 Å². The Kier molecular flexibility index (Phi) is 6.36. The Labute approximate surface area is 163 Å². The van der Waals surface area contributed by atoms with Gasteiger partial charge in [-0.1, -0.05) is 88.9 Å². The number of nitrogens with two attached hydrogens (primary N) is 1. The summed E-state index contributed by atoms with van der Waals surface area (Å²) < 4.78 is 1.58. The lowest BCUT2D eigenvalue weighted by molar-refractivity contribution is -0.115. The zero-order chi connectivity index (χ0) is 17.6. The van der Waals surface area contributed by atoms with Crippen molar-refractivity contribution in [1.82, 2.24) is 10.2 Å². The Bertz CT molecular complexity index is 840. The van der Waals surface area contributed by atoms with Crippen LogP contribution in [0.4, 0.5) is 0 Å². The highest BCUT2D eigenvalue weighted by molar-refractivity contribution is 8.03. The van der Waals surface area contributed by atoms with Crippen molar-refractivity contribution in [2.45, 2.75) is 13.9 Å². The van der Waals surface area contributed by atoms with Crippen LogP contribution in [0, 0.1) is 0 Å². The molecule has 0 fully saturated rings. The summed E-state index contributed by atoms with van der Waals surface area (Å²) in [6.07, 6.45) is 0. The van der Waals surface area contributed by atoms with Crippen molar-refractivity contribution in [3.8, 4) is 0 Å². The minimum Gasteiger partial charge on any atom is -0.369 e. The summed E-state index contributed by atoms with van der Waals surface area (Å²) in [7, 11) is 0. The van der Waals surface area contributed by atoms with E-state index in [9.17, 15) is 4.79 Å². The summed E-state index contributed by atoms with van der Waals surface area (Å²) in [6, 6.07) is 18.1. The summed E-state index contributed by atoms with van der Waals surface area (Å²) in [5.41, 5.74) is 7.49. The Hall–Kier alpha value is -1.54. The molecule has 0 saturated carbocycles.